The summed E-state index contributed by atoms with van der Waals surface area (Å²) in [5, 5.41) is 2.18. The van der Waals surface area contributed by atoms with Crippen molar-refractivity contribution >= 4 is 56.6 Å². The molecule has 92 valence electrons. The minimum atomic E-state index is 0.885. The van der Waals surface area contributed by atoms with Crippen LogP contribution in [-0.2, 0) is 0 Å². The van der Waals surface area contributed by atoms with E-state index in [1.165, 1.54) is 14.1 Å². The zero-order valence-corrected chi connectivity index (χ0v) is 13.0. The molecule has 1 aromatic carbocycles. The Hall–Kier alpha value is -1.08. The third kappa shape index (κ3) is 1.91. The fourth-order valence-corrected chi connectivity index (χ4v) is 3.98. The Morgan fingerprint density at radius 3 is 2.78 bits per heavy atom. The van der Waals surface area contributed by atoms with Gasteiger partial charge in [0.05, 0.1) is 19.6 Å². The zero-order chi connectivity index (χ0) is 12.7. The van der Waals surface area contributed by atoms with Crippen molar-refractivity contribution in [3.05, 3.63) is 38.1 Å². The van der Waals surface area contributed by atoms with Crippen molar-refractivity contribution in [1.29, 1.82) is 0 Å². The van der Waals surface area contributed by atoms with E-state index in [1.807, 2.05) is 24.3 Å². The van der Waals surface area contributed by atoms with Gasteiger partial charge in [0.25, 0.3) is 0 Å². The highest BCUT2D eigenvalue weighted by Crippen LogP contribution is 2.35. The SMILES string of the molecule is Cc1csc(I)c1N(C)c1nc2ccccc2[nH]1. The summed E-state index contributed by atoms with van der Waals surface area (Å²) in [5.74, 6) is 0.885. The molecule has 0 saturated heterocycles. The molecule has 3 nitrogen and oxygen atoms in total. The monoisotopic (exact) mass is 369 g/mol. The number of H-pyrrole nitrogens is 1. The fourth-order valence-electron chi connectivity index (χ4n) is 2.01. The van der Waals surface area contributed by atoms with Crippen LogP contribution in [0.25, 0.3) is 11.0 Å². The molecule has 0 spiro atoms. The summed E-state index contributed by atoms with van der Waals surface area (Å²) in [5.41, 5.74) is 4.59. The number of para-hydroxylation sites is 2. The Morgan fingerprint density at radius 2 is 2.11 bits per heavy atom. The molecule has 0 bridgehead atoms. The summed E-state index contributed by atoms with van der Waals surface area (Å²) in [6, 6.07) is 8.09. The Labute approximate surface area is 123 Å². The lowest BCUT2D eigenvalue weighted by atomic mass is 10.3. The van der Waals surface area contributed by atoms with Crippen LogP contribution < -0.4 is 4.90 Å². The molecule has 3 rings (SSSR count). The molecule has 3 aromatic rings. The lowest BCUT2D eigenvalue weighted by molar-refractivity contribution is 1.10. The third-order valence-corrected chi connectivity index (χ3v) is 5.07. The zero-order valence-electron chi connectivity index (χ0n) is 10.1. The van der Waals surface area contributed by atoms with Gasteiger partial charge in [-0.25, -0.2) is 4.98 Å². The van der Waals surface area contributed by atoms with Gasteiger partial charge in [0, 0.05) is 7.05 Å². The number of aromatic nitrogens is 2. The number of halogens is 1. The predicted molar refractivity (Wildman–Crippen MR) is 85.9 cm³/mol. The van der Waals surface area contributed by atoms with E-state index in [0.29, 0.717) is 0 Å². The number of nitrogens with one attached hydrogen (secondary N) is 1. The van der Waals surface area contributed by atoms with Gasteiger partial charge >= 0.3 is 0 Å². The highest BCUT2D eigenvalue weighted by molar-refractivity contribution is 14.1. The van der Waals surface area contributed by atoms with Crippen LogP contribution >= 0.6 is 33.9 Å². The number of anilines is 2. The lowest BCUT2D eigenvalue weighted by Gasteiger charge is -2.16. The van der Waals surface area contributed by atoms with E-state index in [4.69, 9.17) is 0 Å². The van der Waals surface area contributed by atoms with E-state index in [1.54, 1.807) is 11.3 Å². The smallest absolute Gasteiger partial charge is 0.208 e. The molecular weight excluding hydrogens is 357 g/mol. The number of benzene rings is 1. The standard InChI is InChI=1S/C13H12IN3S/c1-8-7-18-12(14)11(8)17(2)13-15-9-5-3-4-6-10(9)16-13/h3-7H,1-2H3,(H,15,16). The van der Waals surface area contributed by atoms with E-state index in [0.717, 1.165) is 17.0 Å². The van der Waals surface area contributed by atoms with Crippen LogP contribution in [0.3, 0.4) is 0 Å². The van der Waals surface area contributed by atoms with Gasteiger partial charge < -0.3 is 9.88 Å². The van der Waals surface area contributed by atoms with E-state index in [2.05, 4.69) is 56.8 Å². The minimum absolute atomic E-state index is 0.885. The largest absolute Gasteiger partial charge is 0.324 e. The van der Waals surface area contributed by atoms with E-state index < -0.39 is 0 Å². The number of rotatable bonds is 2. The van der Waals surface area contributed by atoms with E-state index >= 15 is 0 Å². The number of aromatic amines is 1. The maximum atomic E-state index is 4.62. The van der Waals surface area contributed by atoms with Crippen molar-refractivity contribution in [2.24, 2.45) is 0 Å². The van der Waals surface area contributed by atoms with E-state index in [-0.39, 0.29) is 0 Å². The number of imidazole rings is 1. The average Bonchev–Trinajstić information content (AvgIpc) is 2.92. The summed E-state index contributed by atoms with van der Waals surface area (Å²) >= 11 is 4.14. The molecule has 0 aliphatic heterocycles. The molecule has 0 aliphatic carbocycles. The Bertz CT molecular complexity index is 649. The predicted octanol–water partition coefficient (Wildman–Crippen LogP) is 4.31. The maximum absolute atomic E-state index is 4.62. The van der Waals surface area contributed by atoms with Crippen molar-refractivity contribution in [1.82, 2.24) is 9.97 Å². The van der Waals surface area contributed by atoms with Crippen molar-refractivity contribution in [2.75, 3.05) is 11.9 Å². The molecule has 0 aliphatic rings. The summed E-state index contributed by atoms with van der Waals surface area (Å²) in [7, 11) is 2.05. The quantitative estimate of drug-likeness (QED) is 0.683. The Balaban J connectivity index is 2.09. The first-order valence-corrected chi connectivity index (χ1v) is 7.54. The normalized spacial score (nSPS) is 11.1. The number of hydrogen-bond donors (Lipinski definition) is 1. The lowest BCUT2D eigenvalue weighted by Crippen LogP contribution is -2.12. The summed E-state index contributed by atoms with van der Waals surface area (Å²) < 4.78 is 1.29. The molecule has 2 aromatic heterocycles. The molecule has 0 amide bonds. The van der Waals surface area contributed by atoms with Crippen LogP contribution in [0.5, 0.6) is 0 Å². The number of hydrogen-bond acceptors (Lipinski definition) is 3. The fraction of sp³-hybridized carbons (Fsp3) is 0.154. The van der Waals surface area contributed by atoms with Gasteiger partial charge in [-0.1, -0.05) is 12.1 Å². The molecule has 1 N–H and O–H groups in total. The third-order valence-electron chi connectivity index (χ3n) is 2.93. The maximum Gasteiger partial charge on any atom is 0.208 e. The summed E-state index contributed by atoms with van der Waals surface area (Å²) in [4.78, 5) is 10.1. The van der Waals surface area contributed by atoms with Crippen LogP contribution in [0.2, 0.25) is 0 Å². The summed E-state index contributed by atoms with van der Waals surface area (Å²) in [6.45, 7) is 2.13. The second-order valence-electron chi connectivity index (χ2n) is 4.18. The van der Waals surface area contributed by atoms with Crippen LogP contribution in [0.15, 0.2) is 29.6 Å². The highest BCUT2D eigenvalue weighted by Gasteiger charge is 2.15. The Kier molecular flexibility index (Phi) is 3.03. The van der Waals surface area contributed by atoms with Gasteiger partial charge in [0.2, 0.25) is 5.95 Å². The molecule has 18 heavy (non-hydrogen) atoms. The number of aryl methyl sites for hydroxylation is 1. The molecule has 2 heterocycles. The van der Waals surface area contributed by atoms with Gasteiger partial charge in [-0.3, -0.25) is 0 Å². The highest BCUT2D eigenvalue weighted by atomic mass is 127. The van der Waals surface area contributed by atoms with Crippen molar-refractivity contribution in [3.8, 4) is 0 Å². The minimum Gasteiger partial charge on any atom is -0.324 e. The van der Waals surface area contributed by atoms with Gasteiger partial charge in [0.15, 0.2) is 0 Å². The molecule has 0 atom stereocenters. The first-order chi connectivity index (χ1) is 8.66. The molecular formula is C13H12IN3S. The topological polar surface area (TPSA) is 31.9 Å². The summed E-state index contributed by atoms with van der Waals surface area (Å²) in [6.07, 6.45) is 0. The molecule has 5 heteroatoms. The van der Waals surface area contributed by atoms with Crippen LogP contribution in [0, 0.1) is 9.81 Å². The van der Waals surface area contributed by atoms with Crippen molar-refractivity contribution in [3.63, 3.8) is 0 Å². The second kappa shape index (κ2) is 4.55. The molecule has 0 saturated carbocycles. The first-order valence-electron chi connectivity index (χ1n) is 5.59. The number of thiophene rings is 1. The van der Waals surface area contributed by atoms with Gasteiger partial charge in [-0.2, -0.15) is 0 Å². The van der Waals surface area contributed by atoms with Crippen LogP contribution in [-0.4, -0.2) is 17.0 Å². The second-order valence-corrected chi connectivity index (χ2v) is 6.87. The molecule has 0 unspecified atom stereocenters. The number of nitrogens with zero attached hydrogens (tertiary/aromatic N) is 2. The van der Waals surface area contributed by atoms with Gasteiger partial charge in [-0.05, 0) is 52.6 Å². The van der Waals surface area contributed by atoms with Crippen LogP contribution in [0.4, 0.5) is 11.6 Å². The van der Waals surface area contributed by atoms with Crippen molar-refractivity contribution in [2.45, 2.75) is 6.92 Å². The molecule has 0 radical (unpaired) electrons. The van der Waals surface area contributed by atoms with Gasteiger partial charge in [-0.15, -0.1) is 11.3 Å². The van der Waals surface area contributed by atoms with E-state index in [9.17, 15) is 0 Å². The average molecular weight is 369 g/mol. The van der Waals surface area contributed by atoms with Gasteiger partial charge in [0.1, 0.15) is 0 Å². The van der Waals surface area contributed by atoms with Crippen LogP contribution in [0.1, 0.15) is 5.56 Å². The molecule has 0 fully saturated rings. The number of fused-ring (bicyclic) bond motifs is 1. The Morgan fingerprint density at radius 1 is 1.33 bits per heavy atom. The first kappa shape index (κ1) is 12.0. The van der Waals surface area contributed by atoms with Crippen molar-refractivity contribution < 1.29 is 0 Å².